The second-order valence-corrected chi connectivity index (χ2v) is 3.61. The maximum Gasteiger partial charge on any atom is 0.408 e. The highest BCUT2D eigenvalue weighted by molar-refractivity contribution is 5.85. The second kappa shape index (κ2) is 8.49. The van der Waals surface area contributed by atoms with Crippen LogP contribution in [0.2, 0.25) is 0 Å². The van der Waals surface area contributed by atoms with E-state index in [1.807, 2.05) is 30.3 Å². The lowest BCUT2D eigenvalue weighted by Gasteiger charge is -2.13. The SMILES string of the molecule is CC(=O)[C@H](CN)NC(=O)OCc1ccccc1.Cl. The molecule has 0 fully saturated rings. The number of nitrogens with one attached hydrogen (secondary N) is 1. The third kappa shape index (κ3) is 5.65. The molecular weight excluding hydrogens is 256 g/mol. The van der Waals surface area contributed by atoms with Gasteiger partial charge in [0.25, 0.3) is 0 Å². The van der Waals surface area contributed by atoms with Crippen LogP contribution in [0.3, 0.4) is 0 Å². The summed E-state index contributed by atoms with van der Waals surface area (Å²) in [7, 11) is 0. The smallest absolute Gasteiger partial charge is 0.408 e. The van der Waals surface area contributed by atoms with Gasteiger partial charge in [0.2, 0.25) is 0 Å². The summed E-state index contributed by atoms with van der Waals surface area (Å²) in [5.74, 6) is -0.191. The van der Waals surface area contributed by atoms with E-state index in [0.717, 1.165) is 5.56 Å². The van der Waals surface area contributed by atoms with E-state index in [2.05, 4.69) is 5.32 Å². The molecule has 0 aliphatic rings. The molecule has 6 heteroatoms. The van der Waals surface area contributed by atoms with Crippen LogP contribution in [0.4, 0.5) is 4.79 Å². The molecular formula is C12H17ClN2O3. The van der Waals surface area contributed by atoms with Crippen molar-refractivity contribution in [1.29, 1.82) is 0 Å². The van der Waals surface area contributed by atoms with Crippen LogP contribution in [0.5, 0.6) is 0 Å². The number of carbonyl (C=O) groups excluding carboxylic acids is 2. The lowest BCUT2D eigenvalue weighted by Crippen LogP contribution is -2.44. The number of hydrogen-bond acceptors (Lipinski definition) is 4. The summed E-state index contributed by atoms with van der Waals surface area (Å²) in [5.41, 5.74) is 6.22. The van der Waals surface area contributed by atoms with Crippen LogP contribution < -0.4 is 11.1 Å². The van der Waals surface area contributed by atoms with Crippen molar-refractivity contribution in [3.63, 3.8) is 0 Å². The Kier molecular flexibility index (Phi) is 7.74. The van der Waals surface area contributed by atoms with Crippen LogP contribution >= 0.6 is 12.4 Å². The number of halogens is 1. The van der Waals surface area contributed by atoms with Crippen LogP contribution in [0.25, 0.3) is 0 Å². The fourth-order valence-corrected chi connectivity index (χ4v) is 1.23. The van der Waals surface area contributed by atoms with Gasteiger partial charge in [-0.25, -0.2) is 4.79 Å². The van der Waals surface area contributed by atoms with Crippen molar-refractivity contribution < 1.29 is 14.3 Å². The number of ether oxygens (including phenoxy) is 1. The minimum atomic E-state index is -0.682. The normalized spacial score (nSPS) is 11.0. The monoisotopic (exact) mass is 272 g/mol. The number of alkyl carbamates (subject to hydrolysis) is 1. The Balaban J connectivity index is 0.00000289. The lowest BCUT2D eigenvalue weighted by atomic mass is 10.2. The standard InChI is InChI=1S/C12H16N2O3.ClH/c1-9(15)11(7-13)14-12(16)17-8-10-5-3-2-4-6-10;/h2-6,11H,7-8,13H2,1H3,(H,14,16);1H/t11-;/m0./s1. The van der Waals surface area contributed by atoms with E-state index < -0.39 is 12.1 Å². The first kappa shape index (κ1) is 16.4. The number of benzene rings is 1. The first-order valence-electron chi connectivity index (χ1n) is 5.31. The Bertz CT molecular complexity index is 384. The first-order valence-corrected chi connectivity index (χ1v) is 5.31. The van der Waals surface area contributed by atoms with Crippen LogP contribution in [-0.2, 0) is 16.1 Å². The van der Waals surface area contributed by atoms with Crippen LogP contribution in [0.15, 0.2) is 30.3 Å². The molecule has 1 amide bonds. The first-order chi connectivity index (χ1) is 8.13. The van der Waals surface area contributed by atoms with Crippen molar-refractivity contribution in [2.24, 2.45) is 5.73 Å². The molecule has 0 radical (unpaired) electrons. The zero-order valence-corrected chi connectivity index (χ0v) is 10.9. The summed E-state index contributed by atoms with van der Waals surface area (Å²) in [6.45, 7) is 1.60. The number of nitrogens with two attached hydrogens (primary N) is 1. The average molecular weight is 273 g/mol. The topological polar surface area (TPSA) is 81.4 Å². The highest BCUT2D eigenvalue weighted by Crippen LogP contribution is 2.00. The maximum absolute atomic E-state index is 11.3. The molecule has 18 heavy (non-hydrogen) atoms. The van der Waals surface area contributed by atoms with Crippen molar-refractivity contribution in [3.8, 4) is 0 Å². The van der Waals surface area contributed by atoms with E-state index in [1.165, 1.54) is 6.92 Å². The van der Waals surface area contributed by atoms with Crippen molar-refractivity contribution in [1.82, 2.24) is 5.32 Å². The fourth-order valence-electron chi connectivity index (χ4n) is 1.23. The molecule has 0 saturated carbocycles. The number of Topliss-reactive ketones (excluding diaryl/α,β-unsaturated/α-hetero) is 1. The van der Waals surface area contributed by atoms with Crippen LogP contribution in [0.1, 0.15) is 12.5 Å². The quantitative estimate of drug-likeness (QED) is 0.845. The third-order valence-electron chi connectivity index (χ3n) is 2.23. The minimum absolute atomic E-state index is 0. The molecule has 0 aliphatic carbocycles. The van der Waals surface area contributed by atoms with Gasteiger partial charge in [-0.05, 0) is 12.5 Å². The predicted octanol–water partition coefficient (Wildman–Crippen LogP) is 1.25. The lowest BCUT2D eigenvalue weighted by molar-refractivity contribution is -0.118. The summed E-state index contributed by atoms with van der Waals surface area (Å²) >= 11 is 0. The summed E-state index contributed by atoms with van der Waals surface area (Å²) in [4.78, 5) is 22.4. The Morgan fingerprint density at radius 1 is 1.33 bits per heavy atom. The average Bonchev–Trinajstić information content (AvgIpc) is 2.34. The van der Waals surface area contributed by atoms with Crippen molar-refractivity contribution in [3.05, 3.63) is 35.9 Å². The molecule has 0 unspecified atom stereocenters. The van der Waals surface area contributed by atoms with Gasteiger partial charge in [0.1, 0.15) is 12.6 Å². The third-order valence-corrected chi connectivity index (χ3v) is 2.23. The number of amides is 1. The van der Waals surface area contributed by atoms with Crippen LogP contribution in [0, 0.1) is 0 Å². The summed E-state index contributed by atoms with van der Waals surface area (Å²) in [6, 6.07) is 8.60. The van der Waals surface area contributed by atoms with Crippen LogP contribution in [-0.4, -0.2) is 24.5 Å². The second-order valence-electron chi connectivity index (χ2n) is 3.61. The van der Waals surface area contributed by atoms with E-state index in [9.17, 15) is 9.59 Å². The molecule has 0 aromatic heterocycles. The van der Waals surface area contributed by atoms with Gasteiger partial charge in [0.15, 0.2) is 5.78 Å². The number of ketones is 1. The van der Waals surface area contributed by atoms with Gasteiger partial charge in [-0.1, -0.05) is 30.3 Å². The van der Waals surface area contributed by atoms with E-state index in [-0.39, 0.29) is 31.3 Å². The molecule has 1 atom stereocenters. The summed E-state index contributed by atoms with van der Waals surface area (Å²) in [6.07, 6.45) is -0.639. The molecule has 0 saturated heterocycles. The molecule has 100 valence electrons. The largest absolute Gasteiger partial charge is 0.445 e. The van der Waals surface area contributed by atoms with Gasteiger partial charge in [-0.15, -0.1) is 12.4 Å². The molecule has 0 spiro atoms. The molecule has 5 nitrogen and oxygen atoms in total. The van der Waals surface area contributed by atoms with Gasteiger partial charge in [-0.3, -0.25) is 4.79 Å². The number of carbonyl (C=O) groups is 2. The van der Waals surface area contributed by atoms with Gasteiger partial charge in [0, 0.05) is 6.54 Å². The van der Waals surface area contributed by atoms with E-state index in [1.54, 1.807) is 0 Å². The van der Waals surface area contributed by atoms with E-state index in [4.69, 9.17) is 10.5 Å². The van der Waals surface area contributed by atoms with Gasteiger partial charge in [-0.2, -0.15) is 0 Å². The van der Waals surface area contributed by atoms with E-state index in [0.29, 0.717) is 0 Å². The molecule has 1 rings (SSSR count). The summed E-state index contributed by atoms with van der Waals surface area (Å²) in [5, 5.41) is 2.40. The number of rotatable bonds is 5. The summed E-state index contributed by atoms with van der Waals surface area (Å²) < 4.78 is 4.95. The maximum atomic E-state index is 11.3. The highest BCUT2D eigenvalue weighted by Gasteiger charge is 2.15. The molecule has 1 aromatic carbocycles. The van der Waals surface area contributed by atoms with Gasteiger partial charge in [0.05, 0.1) is 0 Å². The Morgan fingerprint density at radius 3 is 2.44 bits per heavy atom. The zero-order valence-electron chi connectivity index (χ0n) is 10.1. The zero-order chi connectivity index (χ0) is 12.7. The number of hydrogen-bond donors (Lipinski definition) is 2. The predicted molar refractivity (Wildman–Crippen MR) is 70.5 cm³/mol. The molecule has 0 bridgehead atoms. The minimum Gasteiger partial charge on any atom is -0.445 e. The Labute approximate surface area is 112 Å². The fraction of sp³-hybridized carbons (Fsp3) is 0.333. The van der Waals surface area contributed by atoms with Crippen molar-refractivity contribution >= 4 is 24.3 Å². The van der Waals surface area contributed by atoms with Crippen molar-refractivity contribution in [2.75, 3.05) is 6.54 Å². The molecule has 0 aliphatic heterocycles. The Hall–Kier alpha value is -1.59. The van der Waals surface area contributed by atoms with Gasteiger partial charge >= 0.3 is 6.09 Å². The molecule has 1 aromatic rings. The van der Waals surface area contributed by atoms with Gasteiger partial charge < -0.3 is 15.8 Å². The molecule has 3 N–H and O–H groups in total. The Morgan fingerprint density at radius 2 is 1.94 bits per heavy atom. The molecule has 0 heterocycles. The van der Waals surface area contributed by atoms with E-state index >= 15 is 0 Å². The van der Waals surface area contributed by atoms with Crippen molar-refractivity contribution in [2.45, 2.75) is 19.6 Å². The highest BCUT2D eigenvalue weighted by atomic mass is 35.5.